The molecule has 94 valence electrons. The predicted molar refractivity (Wildman–Crippen MR) is 74.0 cm³/mol. The SMILES string of the molecule is CC1(C)CNC(C)(Cc2cccc(Br)c2)OC1. The molecule has 2 rings (SSSR count). The van der Waals surface area contributed by atoms with Crippen molar-refractivity contribution in [1.29, 1.82) is 0 Å². The standard InChI is InChI=1S/C14H20BrNO/c1-13(2)9-16-14(3,17-10-13)8-11-5-4-6-12(15)7-11/h4-7,16H,8-10H2,1-3H3. The maximum atomic E-state index is 6.00. The Hall–Kier alpha value is -0.380. The Balaban J connectivity index is 2.04. The van der Waals surface area contributed by atoms with E-state index < -0.39 is 0 Å². The highest BCUT2D eigenvalue weighted by atomic mass is 79.9. The number of nitrogens with one attached hydrogen (secondary N) is 1. The fourth-order valence-electron chi connectivity index (χ4n) is 2.03. The molecule has 1 aromatic rings. The summed E-state index contributed by atoms with van der Waals surface area (Å²) in [5, 5.41) is 3.52. The van der Waals surface area contributed by atoms with Crippen LogP contribution in [-0.2, 0) is 11.2 Å². The molecule has 2 nitrogen and oxygen atoms in total. The first kappa shape index (κ1) is 13.1. The molecule has 0 saturated carbocycles. The maximum Gasteiger partial charge on any atom is 0.120 e. The van der Waals surface area contributed by atoms with Gasteiger partial charge >= 0.3 is 0 Å². The van der Waals surface area contributed by atoms with Gasteiger partial charge in [0.1, 0.15) is 5.72 Å². The van der Waals surface area contributed by atoms with Gasteiger partial charge in [-0.3, -0.25) is 5.32 Å². The van der Waals surface area contributed by atoms with Gasteiger partial charge in [-0.25, -0.2) is 0 Å². The zero-order chi connectivity index (χ0) is 12.5. The highest BCUT2D eigenvalue weighted by Crippen LogP contribution is 2.27. The summed E-state index contributed by atoms with van der Waals surface area (Å²) >= 11 is 3.50. The molecule has 1 unspecified atom stereocenters. The molecule has 0 bridgehead atoms. The van der Waals surface area contributed by atoms with Gasteiger partial charge in [-0.15, -0.1) is 0 Å². The largest absolute Gasteiger partial charge is 0.360 e. The Kier molecular flexibility index (Phi) is 3.62. The second kappa shape index (κ2) is 4.71. The second-order valence-corrected chi connectivity index (χ2v) is 6.76. The van der Waals surface area contributed by atoms with E-state index in [1.165, 1.54) is 5.56 Å². The molecule has 1 fully saturated rings. The monoisotopic (exact) mass is 297 g/mol. The first-order valence-corrected chi connectivity index (χ1v) is 6.81. The van der Waals surface area contributed by atoms with Crippen LogP contribution in [0, 0.1) is 5.41 Å². The van der Waals surface area contributed by atoms with Crippen LogP contribution in [0.25, 0.3) is 0 Å². The molecule has 0 amide bonds. The van der Waals surface area contributed by atoms with E-state index in [0.717, 1.165) is 24.0 Å². The molecule has 1 atom stereocenters. The van der Waals surface area contributed by atoms with E-state index in [4.69, 9.17) is 4.74 Å². The Morgan fingerprint density at radius 1 is 1.35 bits per heavy atom. The van der Waals surface area contributed by atoms with E-state index >= 15 is 0 Å². The number of hydrogen-bond donors (Lipinski definition) is 1. The molecule has 3 heteroatoms. The Morgan fingerprint density at radius 3 is 2.71 bits per heavy atom. The zero-order valence-electron chi connectivity index (χ0n) is 10.7. The minimum atomic E-state index is -0.240. The highest BCUT2D eigenvalue weighted by Gasteiger charge is 2.35. The lowest BCUT2D eigenvalue weighted by Gasteiger charge is -2.42. The molecule has 17 heavy (non-hydrogen) atoms. The Morgan fingerprint density at radius 2 is 2.12 bits per heavy atom. The van der Waals surface area contributed by atoms with Gasteiger partial charge in [0, 0.05) is 22.9 Å². The zero-order valence-corrected chi connectivity index (χ0v) is 12.3. The quantitative estimate of drug-likeness (QED) is 0.904. The number of rotatable bonds is 2. The molecule has 1 heterocycles. The van der Waals surface area contributed by atoms with Crippen molar-refractivity contribution < 1.29 is 4.74 Å². The van der Waals surface area contributed by atoms with E-state index in [2.05, 4.69) is 60.2 Å². The third kappa shape index (κ3) is 3.54. The molecule has 0 radical (unpaired) electrons. The summed E-state index contributed by atoms with van der Waals surface area (Å²) in [7, 11) is 0. The molecule has 0 spiro atoms. The maximum absolute atomic E-state index is 6.00. The van der Waals surface area contributed by atoms with E-state index in [1.807, 2.05) is 6.07 Å². The van der Waals surface area contributed by atoms with Crippen molar-refractivity contribution in [2.45, 2.75) is 32.9 Å². The normalized spacial score (nSPS) is 28.0. The number of halogens is 1. The number of ether oxygens (including phenoxy) is 1. The van der Waals surface area contributed by atoms with Gasteiger partial charge in [0.25, 0.3) is 0 Å². The summed E-state index contributed by atoms with van der Waals surface area (Å²) in [6.07, 6.45) is 0.891. The first-order valence-electron chi connectivity index (χ1n) is 6.02. The van der Waals surface area contributed by atoms with Crippen molar-refractivity contribution in [3.63, 3.8) is 0 Å². The minimum Gasteiger partial charge on any atom is -0.360 e. The lowest BCUT2D eigenvalue weighted by atomic mass is 9.91. The van der Waals surface area contributed by atoms with Crippen LogP contribution in [0.5, 0.6) is 0 Å². The van der Waals surface area contributed by atoms with Crippen LogP contribution >= 0.6 is 15.9 Å². The summed E-state index contributed by atoms with van der Waals surface area (Å²) in [6.45, 7) is 8.38. The van der Waals surface area contributed by atoms with E-state index in [9.17, 15) is 0 Å². The lowest BCUT2D eigenvalue weighted by Crippen LogP contribution is -2.56. The number of hydrogen-bond acceptors (Lipinski definition) is 2. The number of benzene rings is 1. The molecule has 1 N–H and O–H groups in total. The fraction of sp³-hybridized carbons (Fsp3) is 0.571. The van der Waals surface area contributed by atoms with E-state index in [-0.39, 0.29) is 11.1 Å². The van der Waals surface area contributed by atoms with Crippen molar-refractivity contribution in [1.82, 2.24) is 5.32 Å². The van der Waals surface area contributed by atoms with Crippen molar-refractivity contribution in [3.8, 4) is 0 Å². The van der Waals surface area contributed by atoms with Crippen LogP contribution in [0.15, 0.2) is 28.7 Å². The average Bonchev–Trinajstić information content (AvgIpc) is 2.24. The molecule has 1 saturated heterocycles. The fourth-order valence-corrected chi connectivity index (χ4v) is 2.48. The van der Waals surface area contributed by atoms with Crippen LogP contribution < -0.4 is 5.32 Å². The molecule has 1 aromatic carbocycles. The third-order valence-corrected chi connectivity index (χ3v) is 3.65. The van der Waals surface area contributed by atoms with E-state index in [0.29, 0.717) is 0 Å². The van der Waals surface area contributed by atoms with Crippen molar-refractivity contribution in [3.05, 3.63) is 34.3 Å². The smallest absolute Gasteiger partial charge is 0.120 e. The lowest BCUT2D eigenvalue weighted by molar-refractivity contribution is -0.125. The molecular formula is C14H20BrNO. The topological polar surface area (TPSA) is 21.3 Å². The van der Waals surface area contributed by atoms with Crippen LogP contribution in [0.1, 0.15) is 26.3 Å². The summed E-state index contributed by atoms with van der Waals surface area (Å²) in [5.41, 5.74) is 1.28. The highest BCUT2D eigenvalue weighted by molar-refractivity contribution is 9.10. The Bertz CT molecular complexity index is 393. The van der Waals surface area contributed by atoms with Crippen LogP contribution in [-0.4, -0.2) is 18.9 Å². The van der Waals surface area contributed by atoms with Gasteiger partial charge in [-0.2, -0.15) is 0 Å². The molecular weight excluding hydrogens is 278 g/mol. The van der Waals surface area contributed by atoms with Crippen molar-refractivity contribution in [2.75, 3.05) is 13.2 Å². The summed E-state index contributed by atoms with van der Waals surface area (Å²) < 4.78 is 7.12. The van der Waals surface area contributed by atoms with Gasteiger partial charge in [0.15, 0.2) is 0 Å². The molecule has 1 aliphatic heterocycles. The third-order valence-electron chi connectivity index (χ3n) is 3.15. The predicted octanol–water partition coefficient (Wildman–Crippen LogP) is 3.35. The van der Waals surface area contributed by atoms with Crippen molar-refractivity contribution >= 4 is 15.9 Å². The first-order chi connectivity index (χ1) is 7.89. The summed E-state index contributed by atoms with van der Waals surface area (Å²) in [6, 6.07) is 8.40. The minimum absolute atomic E-state index is 0.233. The summed E-state index contributed by atoms with van der Waals surface area (Å²) in [5.74, 6) is 0. The van der Waals surface area contributed by atoms with Gasteiger partial charge in [0.05, 0.1) is 6.61 Å². The van der Waals surface area contributed by atoms with Gasteiger partial charge in [0.2, 0.25) is 0 Å². The van der Waals surface area contributed by atoms with Gasteiger partial charge in [-0.05, 0) is 24.6 Å². The van der Waals surface area contributed by atoms with Crippen LogP contribution in [0.2, 0.25) is 0 Å². The van der Waals surface area contributed by atoms with Gasteiger partial charge < -0.3 is 4.74 Å². The second-order valence-electron chi connectivity index (χ2n) is 5.84. The summed E-state index contributed by atoms with van der Waals surface area (Å²) in [4.78, 5) is 0. The van der Waals surface area contributed by atoms with Crippen molar-refractivity contribution in [2.24, 2.45) is 5.41 Å². The molecule has 0 aliphatic carbocycles. The van der Waals surface area contributed by atoms with Crippen LogP contribution in [0.3, 0.4) is 0 Å². The van der Waals surface area contributed by atoms with Crippen LogP contribution in [0.4, 0.5) is 0 Å². The van der Waals surface area contributed by atoms with E-state index in [1.54, 1.807) is 0 Å². The van der Waals surface area contributed by atoms with Gasteiger partial charge in [-0.1, -0.05) is 41.9 Å². The Labute approximate surface area is 112 Å². The molecule has 1 aliphatic rings. The molecule has 0 aromatic heterocycles. The average molecular weight is 298 g/mol.